The molecular weight excluding hydrogens is 362 g/mol. The SMILES string of the molecule is CCCCSc1nc2n(n1)C(c1cccc(OCC)c1)C(C(N)=O)=C(C)N2. The lowest BCUT2D eigenvalue weighted by Crippen LogP contribution is -2.31. The Labute approximate surface area is 163 Å². The fraction of sp³-hybridized carbons (Fsp3) is 0.421. The number of primary amides is 1. The van der Waals surface area contributed by atoms with Gasteiger partial charge in [0.05, 0.1) is 12.2 Å². The van der Waals surface area contributed by atoms with Gasteiger partial charge in [0, 0.05) is 11.4 Å². The maximum Gasteiger partial charge on any atom is 0.248 e. The fourth-order valence-electron chi connectivity index (χ4n) is 3.07. The van der Waals surface area contributed by atoms with Gasteiger partial charge in [0.1, 0.15) is 11.8 Å². The quantitative estimate of drug-likeness (QED) is 0.533. The van der Waals surface area contributed by atoms with E-state index in [2.05, 4.69) is 22.3 Å². The first kappa shape index (κ1) is 19.3. The summed E-state index contributed by atoms with van der Waals surface area (Å²) in [5, 5.41) is 8.50. The molecule has 1 aliphatic rings. The molecule has 8 heteroatoms. The standard InChI is InChI=1S/C19H25N5O2S/c1-4-6-10-27-19-22-18-21-12(3)15(17(20)25)16(24(18)23-19)13-8-7-9-14(11-13)26-5-2/h7-9,11,16H,4-6,10H2,1-3H3,(H2,20,25)(H,21,22,23). The van der Waals surface area contributed by atoms with Crippen LogP contribution in [0.2, 0.25) is 0 Å². The van der Waals surface area contributed by atoms with E-state index in [4.69, 9.17) is 10.5 Å². The number of anilines is 1. The minimum absolute atomic E-state index is 0.438. The van der Waals surface area contributed by atoms with E-state index in [-0.39, 0.29) is 0 Å². The van der Waals surface area contributed by atoms with E-state index in [0.717, 1.165) is 29.9 Å². The van der Waals surface area contributed by atoms with Crippen LogP contribution in [0.3, 0.4) is 0 Å². The lowest BCUT2D eigenvalue weighted by atomic mass is 9.95. The number of amides is 1. The summed E-state index contributed by atoms with van der Waals surface area (Å²) in [6, 6.07) is 7.23. The Morgan fingerprint density at radius 1 is 1.41 bits per heavy atom. The number of carbonyl (C=O) groups is 1. The predicted octanol–water partition coefficient (Wildman–Crippen LogP) is 3.34. The first-order valence-corrected chi connectivity index (χ1v) is 10.1. The summed E-state index contributed by atoms with van der Waals surface area (Å²) in [7, 11) is 0. The van der Waals surface area contributed by atoms with Crippen molar-refractivity contribution in [2.24, 2.45) is 5.73 Å². The molecule has 1 aromatic heterocycles. The summed E-state index contributed by atoms with van der Waals surface area (Å²) < 4.78 is 7.36. The lowest BCUT2D eigenvalue weighted by molar-refractivity contribution is -0.115. The number of benzene rings is 1. The molecule has 7 nitrogen and oxygen atoms in total. The molecule has 0 bridgehead atoms. The zero-order chi connectivity index (χ0) is 19.4. The van der Waals surface area contributed by atoms with Crippen molar-refractivity contribution in [1.29, 1.82) is 0 Å². The molecule has 3 rings (SSSR count). The van der Waals surface area contributed by atoms with Crippen LogP contribution >= 0.6 is 11.8 Å². The summed E-state index contributed by atoms with van der Waals surface area (Å²) in [6.45, 7) is 6.49. The van der Waals surface area contributed by atoms with Crippen molar-refractivity contribution in [2.45, 2.75) is 44.8 Å². The van der Waals surface area contributed by atoms with Crippen molar-refractivity contribution < 1.29 is 9.53 Å². The first-order valence-electron chi connectivity index (χ1n) is 9.14. The Morgan fingerprint density at radius 2 is 2.22 bits per heavy atom. The van der Waals surface area contributed by atoms with Crippen LogP contribution in [0.4, 0.5) is 5.95 Å². The number of nitrogens with zero attached hydrogens (tertiary/aromatic N) is 3. The second kappa shape index (κ2) is 8.47. The maximum absolute atomic E-state index is 12.2. The second-order valence-electron chi connectivity index (χ2n) is 6.30. The highest BCUT2D eigenvalue weighted by molar-refractivity contribution is 7.99. The van der Waals surface area contributed by atoms with Gasteiger partial charge in [-0.2, -0.15) is 4.98 Å². The topological polar surface area (TPSA) is 95.1 Å². The third kappa shape index (κ3) is 4.10. The number of aromatic nitrogens is 3. The van der Waals surface area contributed by atoms with Crippen LogP contribution in [0.5, 0.6) is 5.75 Å². The van der Waals surface area contributed by atoms with E-state index in [9.17, 15) is 4.79 Å². The Balaban J connectivity index is 2.03. The van der Waals surface area contributed by atoms with Gasteiger partial charge in [-0.15, -0.1) is 5.10 Å². The number of thioether (sulfide) groups is 1. The molecule has 1 aliphatic heterocycles. The molecule has 1 atom stereocenters. The van der Waals surface area contributed by atoms with Gasteiger partial charge in [-0.25, -0.2) is 4.68 Å². The van der Waals surface area contributed by atoms with Crippen LogP contribution < -0.4 is 15.8 Å². The number of hydrogen-bond donors (Lipinski definition) is 2. The highest BCUT2D eigenvalue weighted by Gasteiger charge is 2.33. The van der Waals surface area contributed by atoms with Crippen LogP contribution in [-0.2, 0) is 4.79 Å². The molecule has 0 spiro atoms. The second-order valence-corrected chi connectivity index (χ2v) is 7.36. The average Bonchev–Trinajstić information content (AvgIpc) is 3.03. The van der Waals surface area contributed by atoms with Crippen molar-refractivity contribution in [1.82, 2.24) is 14.8 Å². The molecule has 0 radical (unpaired) electrons. The average molecular weight is 388 g/mol. The number of rotatable bonds is 8. The summed E-state index contributed by atoms with van der Waals surface area (Å²) in [4.78, 5) is 16.8. The first-order chi connectivity index (χ1) is 13.0. The van der Waals surface area contributed by atoms with E-state index in [1.807, 2.05) is 38.1 Å². The summed E-state index contributed by atoms with van der Waals surface area (Å²) >= 11 is 1.62. The van der Waals surface area contributed by atoms with Gasteiger partial charge in [0.2, 0.25) is 17.0 Å². The Morgan fingerprint density at radius 3 is 2.93 bits per heavy atom. The molecule has 0 aliphatic carbocycles. The highest BCUT2D eigenvalue weighted by atomic mass is 32.2. The Bertz CT molecular complexity index is 862. The number of fused-ring (bicyclic) bond motifs is 1. The summed E-state index contributed by atoms with van der Waals surface area (Å²) in [5.41, 5.74) is 7.76. The number of allylic oxidation sites excluding steroid dienone is 1. The van der Waals surface area contributed by atoms with E-state index in [0.29, 0.717) is 29.0 Å². The van der Waals surface area contributed by atoms with E-state index < -0.39 is 11.9 Å². The van der Waals surface area contributed by atoms with Gasteiger partial charge < -0.3 is 15.8 Å². The summed E-state index contributed by atoms with van der Waals surface area (Å²) in [6.07, 6.45) is 2.23. The van der Waals surface area contributed by atoms with Crippen molar-refractivity contribution in [3.63, 3.8) is 0 Å². The molecular formula is C19H25N5O2S. The van der Waals surface area contributed by atoms with Crippen molar-refractivity contribution >= 4 is 23.6 Å². The van der Waals surface area contributed by atoms with Gasteiger partial charge in [0.15, 0.2) is 0 Å². The number of nitrogens with one attached hydrogen (secondary N) is 1. The van der Waals surface area contributed by atoms with Gasteiger partial charge >= 0.3 is 0 Å². The fourth-order valence-corrected chi connectivity index (χ4v) is 3.98. The number of carbonyl (C=O) groups excluding carboxylic acids is 1. The van der Waals surface area contributed by atoms with Crippen LogP contribution in [0.15, 0.2) is 40.7 Å². The summed E-state index contributed by atoms with van der Waals surface area (Å²) in [5.74, 6) is 1.84. The van der Waals surface area contributed by atoms with Gasteiger partial charge in [-0.1, -0.05) is 37.2 Å². The molecule has 0 saturated heterocycles. The monoisotopic (exact) mass is 387 g/mol. The third-order valence-corrected chi connectivity index (χ3v) is 5.24. The van der Waals surface area contributed by atoms with E-state index in [1.54, 1.807) is 16.4 Å². The van der Waals surface area contributed by atoms with Gasteiger partial charge in [-0.05, 0) is 38.0 Å². The van der Waals surface area contributed by atoms with Crippen LogP contribution in [-0.4, -0.2) is 33.0 Å². The van der Waals surface area contributed by atoms with Crippen LogP contribution in [0.25, 0.3) is 0 Å². The zero-order valence-electron chi connectivity index (χ0n) is 15.9. The smallest absolute Gasteiger partial charge is 0.248 e. The van der Waals surface area contributed by atoms with Gasteiger partial charge in [-0.3, -0.25) is 4.79 Å². The highest BCUT2D eigenvalue weighted by Crippen LogP contribution is 2.36. The predicted molar refractivity (Wildman–Crippen MR) is 107 cm³/mol. The Kier molecular flexibility index (Phi) is 6.05. The molecule has 2 aromatic rings. The molecule has 1 amide bonds. The van der Waals surface area contributed by atoms with Crippen molar-refractivity contribution in [3.05, 3.63) is 41.1 Å². The molecule has 1 unspecified atom stereocenters. The molecule has 3 N–H and O–H groups in total. The lowest BCUT2D eigenvalue weighted by Gasteiger charge is -2.27. The van der Waals surface area contributed by atoms with E-state index >= 15 is 0 Å². The molecule has 2 heterocycles. The van der Waals surface area contributed by atoms with Crippen molar-refractivity contribution in [2.75, 3.05) is 17.7 Å². The van der Waals surface area contributed by atoms with Crippen molar-refractivity contribution in [3.8, 4) is 5.75 Å². The number of hydrogen-bond acceptors (Lipinski definition) is 6. The largest absolute Gasteiger partial charge is 0.494 e. The van der Waals surface area contributed by atoms with E-state index in [1.165, 1.54) is 0 Å². The number of nitrogens with two attached hydrogens (primary N) is 1. The molecule has 0 saturated carbocycles. The van der Waals surface area contributed by atoms with Gasteiger partial charge in [0.25, 0.3) is 0 Å². The van der Waals surface area contributed by atoms with Crippen LogP contribution in [0.1, 0.15) is 45.2 Å². The normalized spacial score (nSPS) is 16.0. The minimum Gasteiger partial charge on any atom is -0.494 e. The number of ether oxygens (including phenoxy) is 1. The zero-order valence-corrected chi connectivity index (χ0v) is 16.7. The minimum atomic E-state index is -0.479. The van der Waals surface area contributed by atoms with Crippen LogP contribution in [0, 0.1) is 0 Å². The Hall–Kier alpha value is -2.48. The number of unbranched alkanes of at least 4 members (excludes halogenated alkanes) is 1. The molecule has 27 heavy (non-hydrogen) atoms. The molecule has 1 aromatic carbocycles. The maximum atomic E-state index is 12.2. The molecule has 0 fully saturated rings. The molecule has 144 valence electrons. The third-order valence-electron chi connectivity index (χ3n) is 4.31.